The normalized spacial score (nSPS) is 12.0. The predicted octanol–water partition coefficient (Wildman–Crippen LogP) is 3.23. The van der Waals surface area contributed by atoms with Crippen LogP contribution in [0.3, 0.4) is 0 Å². The van der Waals surface area contributed by atoms with Gasteiger partial charge in [0.05, 0.1) is 6.61 Å². The van der Waals surface area contributed by atoms with Crippen molar-refractivity contribution in [3.05, 3.63) is 47.4 Å². The molecule has 7 heteroatoms. The number of thioether (sulfide) groups is 1. The molecule has 1 atom stereocenters. The number of nitrogens with two attached hydrogens (primary N) is 1. The van der Waals surface area contributed by atoms with Gasteiger partial charge in [0.1, 0.15) is 17.2 Å². The van der Waals surface area contributed by atoms with Crippen molar-refractivity contribution in [2.24, 2.45) is 0 Å². The molecule has 1 unspecified atom stereocenters. The van der Waals surface area contributed by atoms with Crippen LogP contribution >= 0.6 is 11.8 Å². The van der Waals surface area contributed by atoms with Crippen molar-refractivity contribution >= 4 is 23.5 Å². The van der Waals surface area contributed by atoms with E-state index >= 15 is 0 Å². The fraction of sp³-hybridized carbons (Fsp3) is 0.267. The van der Waals surface area contributed by atoms with Crippen molar-refractivity contribution in [3.63, 3.8) is 0 Å². The Balaban J connectivity index is 2.11. The lowest BCUT2D eigenvalue weighted by molar-refractivity contribution is 0.0526. The van der Waals surface area contributed by atoms with Gasteiger partial charge < -0.3 is 10.5 Å². The minimum absolute atomic E-state index is 0.0217. The predicted molar refractivity (Wildman–Crippen MR) is 83.1 cm³/mol. The van der Waals surface area contributed by atoms with Crippen molar-refractivity contribution in [1.29, 1.82) is 0 Å². The number of carbonyl (C=O) groups is 1. The first kappa shape index (κ1) is 16.2. The Morgan fingerprint density at radius 2 is 2.09 bits per heavy atom. The molecule has 0 saturated carbocycles. The van der Waals surface area contributed by atoms with Crippen molar-refractivity contribution in [3.8, 4) is 0 Å². The van der Waals surface area contributed by atoms with Gasteiger partial charge in [0, 0.05) is 11.4 Å². The molecule has 2 N–H and O–H groups in total. The number of halogens is 1. The van der Waals surface area contributed by atoms with Crippen LogP contribution in [0.4, 0.5) is 10.2 Å². The summed E-state index contributed by atoms with van der Waals surface area (Å²) in [5, 5.41) is 0.468. The summed E-state index contributed by atoms with van der Waals surface area (Å²) in [6.07, 6.45) is 1.36. The largest absolute Gasteiger partial charge is 0.462 e. The number of aromatic nitrogens is 2. The summed E-state index contributed by atoms with van der Waals surface area (Å²) < 4.78 is 17.8. The van der Waals surface area contributed by atoms with E-state index in [0.29, 0.717) is 5.16 Å². The molecule has 1 heterocycles. The maximum atomic E-state index is 12.9. The van der Waals surface area contributed by atoms with Crippen molar-refractivity contribution in [1.82, 2.24) is 9.97 Å². The minimum atomic E-state index is -0.539. The van der Waals surface area contributed by atoms with E-state index in [9.17, 15) is 9.18 Å². The fourth-order valence-electron chi connectivity index (χ4n) is 1.76. The van der Waals surface area contributed by atoms with E-state index in [2.05, 4.69) is 9.97 Å². The molecular formula is C15H16FN3O2S. The number of hydrogen-bond donors (Lipinski definition) is 1. The van der Waals surface area contributed by atoms with Gasteiger partial charge in [-0.15, -0.1) is 0 Å². The molecule has 5 nitrogen and oxygen atoms in total. The summed E-state index contributed by atoms with van der Waals surface area (Å²) in [5.74, 6) is -0.731. The zero-order valence-electron chi connectivity index (χ0n) is 12.2. The van der Waals surface area contributed by atoms with Crippen molar-refractivity contribution in [2.75, 3.05) is 12.3 Å². The molecule has 0 spiro atoms. The molecule has 1 aromatic carbocycles. The summed E-state index contributed by atoms with van der Waals surface area (Å²) in [5.41, 5.74) is 6.87. The Morgan fingerprint density at radius 1 is 1.41 bits per heavy atom. The minimum Gasteiger partial charge on any atom is -0.462 e. The standard InChI is InChI=1S/C15H16FN3O2S/c1-3-21-14(20)12-8-18-15(19-13(12)17)22-9(2)10-4-6-11(16)7-5-10/h4-9H,3H2,1-2H3,(H2,17,18,19). The van der Waals surface area contributed by atoms with Crippen LogP contribution in [-0.2, 0) is 4.74 Å². The fourth-order valence-corrected chi connectivity index (χ4v) is 2.63. The van der Waals surface area contributed by atoms with Gasteiger partial charge >= 0.3 is 5.97 Å². The maximum Gasteiger partial charge on any atom is 0.343 e. The van der Waals surface area contributed by atoms with E-state index < -0.39 is 5.97 Å². The topological polar surface area (TPSA) is 78.1 Å². The smallest absolute Gasteiger partial charge is 0.343 e. The van der Waals surface area contributed by atoms with Crippen LogP contribution in [0, 0.1) is 5.82 Å². The van der Waals surface area contributed by atoms with E-state index in [1.807, 2.05) is 6.92 Å². The molecule has 2 rings (SSSR count). The number of benzene rings is 1. The van der Waals surface area contributed by atoms with E-state index in [0.717, 1.165) is 5.56 Å². The highest BCUT2D eigenvalue weighted by atomic mass is 32.2. The van der Waals surface area contributed by atoms with E-state index in [-0.39, 0.29) is 29.1 Å². The number of anilines is 1. The lowest BCUT2D eigenvalue weighted by Crippen LogP contribution is -2.10. The molecule has 2 aromatic rings. The lowest BCUT2D eigenvalue weighted by atomic mass is 10.2. The Kier molecular flexibility index (Phi) is 5.32. The van der Waals surface area contributed by atoms with Crippen LogP contribution in [0.5, 0.6) is 0 Å². The number of rotatable bonds is 5. The summed E-state index contributed by atoms with van der Waals surface area (Å²) in [7, 11) is 0. The summed E-state index contributed by atoms with van der Waals surface area (Å²) in [6.45, 7) is 3.93. The van der Waals surface area contributed by atoms with Crippen LogP contribution in [-0.4, -0.2) is 22.5 Å². The second kappa shape index (κ2) is 7.22. The Labute approximate surface area is 132 Å². The van der Waals surface area contributed by atoms with Crippen LogP contribution in [0.25, 0.3) is 0 Å². The van der Waals surface area contributed by atoms with Gasteiger partial charge in [0.25, 0.3) is 0 Å². The first-order valence-electron chi connectivity index (χ1n) is 6.73. The third kappa shape index (κ3) is 3.94. The van der Waals surface area contributed by atoms with Gasteiger partial charge in [0.15, 0.2) is 5.16 Å². The molecule has 1 aromatic heterocycles. The molecule has 0 saturated heterocycles. The third-order valence-electron chi connectivity index (χ3n) is 2.91. The molecule has 0 amide bonds. The summed E-state index contributed by atoms with van der Waals surface area (Å²) in [4.78, 5) is 19.9. The zero-order valence-corrected chi connectivity index (χ0v) is 13.1. The van der Waals surface area contributed by atoms with Crippen molar-refractivity contribution in [2.45, 2.75) is 24.3 Å². The van der Waals surface area contributed by atoms with Crippen LogP contribution in [0.1, 0.15) is 35.0 Å². The number of carbonyl (C=O) groups excluding carboxylic acids is 1. The third-order valence-corrected chi connectivity index (χ3v) is 3.95. The monoisotopic (exact) mass is 321 g/mol. The molecule has 0 aliphatic rings. The van der Waals surface area contributed by atoms with Gasteiger partial charge in [0.2, 0.25) is 0 Å². The highest BCUT2D eigenvalue weighted by Crippen LogP contribution is 2.33. The molecule has 116 valence electrons. The van der Waals surface area contributed by atoms with Gasteiger partial charge in [-0.25, -0.2) is 19.2 Å². The first-order chi connectivity index (χ1) is 10.5. The van der Waals surface area contributed by atoms with Gasteiger partial charge in [-0.2, -0.15) is 0 Å². The van der Waals surface area contributed by atoms with Crippen LogP contribution in [0.15, 0.2) is 35.6 Å². The average molecular weight is 321 g/mol. The van der Waals surface area contributed by atoms with Crippen LogP contribution in [0.2, 0.25) is 0 Å². The van der Waals surface area contributed by atoms with Gasteiger partial charge in [-0.05, 0) is 31.5 Å². The van der Waals surface area contributed by atoms with Gasteiger partial charge in [-0.1, -0.05) is 23.9 Å². The number of nitrogen functional groups attached to an aromatic ring is 1. The molecule has 22 heavy (non-hydrogen) atoms. The van der Waals surface area contributed by atoms with Gasteiger partial charge in [-0.3, -0.25) is 0 Å². The highest BCUT2D eigenvalue weighted by Gasteiger charge is 2.15. The molecule has 0 fully saturated rings. The number of ether oxygens (including phenoxy) is 1. The second-order valence-electron chi connectivity index (χ2n) is 4.48. The quantitative estimate of drug-likeness (QED) is 0.517. The molecule has 0 bridgehead atoms. The summed E-state index contributed by atoms with van der Waals surface area (Å²) in [6, 6.07) is 6.24. The average Bonchev–Trinajstić information content (AvgIpc) is 2.48. The number of esters is 1. The van der Waals surface area contributed by atoms with E-state index in [4.69, 9.17) is 10.5 Å². The Morgan fingerprint density at radius 3 is 2.68 bits per heavy atom. The van der Waals surface area contributed by atoms with E-state index in [1.165, 1.54) is 30.1 Å². The lowest BCUT2D eigenvalue weighted by Gasteiger charge is -2.11. The number of hydrogen-bond acceptors (Lipinski definition) is 6. The zero-order chi connectivity index (χ0) is 16.1. The number of nitrogens with zero attached hydrogens (tertiary/aromatic N) is 2. The van der Waals surface area contributed by atoms with Crippen LogP contribution < -0.4 is 5.73 Å². The molecule has 0 aliphatic heterocycles. The highest BCUT2D eigenvalue weighted by molar-refractivity contribution is 7.99. The molecular weight excluding hydrogens is 305 g/mol. The molecule has 0 aliphatic carbocycles. The van der Waals surface area contributed by atoms with E-state index in [1.54, 1.807) is 19.1 Å². The Bertz CT molecular complexity index is 664. The SMILES string of the molecule is CCOC(=O)c1cnc(SC(C)c2ccc(F)cc2)nc1N. The Hall–Kier alpha value is -2.15. The first-order valence-corrected chi connectivity index (χ1v) is 7.61. The molecule has 0 radical (unpaired) electrons. The second-order valence-corrected chi connectivity index (χ2v) is 5.79. The maximum absolute atomic E-state index is 12.9. The van der Waals surface area contributed by atoms with Crippen molar-refractivity contribution < 1.29 is 13.9 Å². The summed E-state index contributed by atoms with van der Waals surface area (Å²) >= 11 is 1.37.